The van der Waals surface area contributed by atoms with Crippen LogP contribution in [0.25, 0.3) is 0 Å². The second-order valence-corrected chi connectivity index (χ2v) is 1.86. The highest BCUT2D eigenvalue weighted by Gasteiger charge is 2.04. The highest BCUT2D eigenvalue weighted by Crippen LogP contribution is 2.08. The molecule has 2 nitrogen and oxygen atoms in total. The molecule has 0 aliphatic heterocycles. The maximum absolute atomic E-state index is 11.9. The van der Waals surface area contributed by atoms with Gasteiger partial charge >= 0.3 is 6.55 Å². The topological polar surface area (TPSA) is 17.8 Å². The zero-order valence-electron chi connectivity index (χ0n) is 5.88. The van der Waals surface area contributed by atoms with Gasteiger partial charge in [0.1, 0.15) is 0 Å². The van der Waals surface area contributed by atoms with Gasteiger partial charge in [0.25, 0.3) is 0 Å². The first-order chi connectivity index (χ1) is 5.24. The van der Waals surface area contributed by atoms with E-state index in [-0.39, 0.29) is 0 Å². The third kappa shape index (κ3) is 1.77. The molecule has 0 fully saturated rings. The predicted molar refractivity (Wildman–Crippen MR) is 36.0 cm³/mol. The van der Waals surface area contributed by atoms with Crippen LogP contribution in [0.1, 0.15) is 19.0 Å². The van der Waals surface area contributed by atoms with Crippen LogP contribution in [0.4, 0.5) is 8.78 Å². The highest BCUT2D eigenvalue weighted by atomic mass is 19.3. The molecule has 0 spiro atoms. The molecule has 1 aromatic rings. The molecule has 0 amide bonds. The SMILES string of the molecule is CC#Cc1cnn(C(F)F)c1. The lowest BCUT2D eigenvalue weighted by atomic mass is 10.4. The molecule has 1 heterocycles. The monoisotopic (exact) mass is 156 g/mol. The molecule has 0 N–H and O–H groups in total. The molecule has 0 saturated heterocycles. The van der Waals surface area contributed by atoms with Crippen LogP contribution in [0, 0.1) is 11.8 Å². The fourth-order valence-corrected chi connectivity index (χ4v) is 0.654. The van der Waals surface area contributed by atoms with Gasteiger partial charge in [0.2, 0.25) is 0 Å². The Balaban J connectivity index is 2.87. The van der Waals surface area contributed by atoms with Crippen molar-refractivity contribution in [3.8, 4) is 11.8 Å². The van der Waals surface area contributed by atoms with E-state index in [1.54, 1.807) is 6.92 Å². The molecule has 1 aromatic heterocycles. The standard InChI is InChI=1S/C7H6F2N2/c1-2-3-6-4-10-11(5-6)7(8)9/h4-5,7H,1H3. The van der Waals surface area contributed by atoms with Crippen molar-refractivity contribution in [3.05, 3.63) is 18.0 Å². The predicted octanol–water partition coefficient (Wildman–Crippen LogP) is 1.65. The van der Waals surface area contributed by atoms with Gasteiger partial charge in [0, 0.05) is 6.20 Å². The third-order valence-electron chi connectivity index (χ3n) is 1.07. The van der Waals surface area contributed by atoms with Crippen molar-refractivity contribution in [1.29, 1.82) is 0 Å². The van der Waals surface area contributed by atoms with Gasteiger partial charge in [-0.1, -0.05) is 5.92 Å². The van der Waals surface area contributed by atoms with E-state index in [9.17, 15) is 8.78 Å². The van der Waals surface area contributed by atoms with Crippen LogP contribution >= 0.6 is 0 Å². The van der Waals surface area contributed by atoms with E-state index in [1.807, 2.05) is 0 Å². The summed E-state index contributed by atoms with van der Waals surface area (Å²) in [4.78, 5) is 0. The summed E-state index contributed by atoms with van der Waals surface area (Å²) in [6.45, 7) is -0.943. The number of alkyl halides is 2. The molecule has 0 saturated carbocycles. The Kier molecular flexibility index (Phi) is 2.21. The molecule has 0 aliphatic carbocycles. The smallest absolute Gasteiger partial charge is 0.210 e. The normalized spacial score (nSPS) is 9.45. The molecular weight excluding hydrogens is 150 g/mol. The Morgan fingerprint density at radius 1 is 1.64 bits per heavy atom. The van der Waals surface area contributed by atoms with Crippen molar-refractivity contribution in [2.45, 2.75) is 13.5 Å². The first kappa shape index (κ1) is 7.73. The summed E-state index contributed by atoms with van der Waals surface area (Å²) in [5.74, 6) is 5.20. The third-order valence-corrected chi connectivity index (χ3v) is 1.07. The van der Waals surface area contributed by atoms with Gasteiger partial charge in [0.05, 0.1) is 11.8 Å². The Bertz CT molecular complexity index is 293. The maximum Gasteiger partial charge on any atom is 0.333 e. The number of hydrogen-bond donors (Lipinski definition) is 0. The molecule has 0 atom stereocenters. The fourth-order valence-electron chi connectivity index (χ4n) is 0.654. The van der Waals surface area contributed by atoms with Crippen LogP contribution in [0.15, 0.2) is 12.4 Å². The second kappa shape index (κ2) is 3.15. The largest absolute Gasteiger partial charge is 0.333 e. The first-order valence-electron chi connectivity index (χ1n) is 2.99. The first-order valence-corrected chi connectivity index (χ1v) is 2.99. The number of nitrogens with zero attached hydrogens (tertiary/aromatic N) is 2. The molecule has 58 valence electrons. The second-order valence-electron chi connectivity index (χ2n) is 1.86. The summed E-state index contributed by atoms with van der Waals surface area (Å²) in [5.41, 5.74) is 0.507. The van der Waals surface area contributed by atoms with Crippen LogP contribution in [0.5, 0.6) is 0 Å². The molecule has 0 aromatic carbocycles. The average Bonchev–Trinajstić information content (AvgIpc) is 2.37. The molecular formula is C7H6F2N2. The lowest BCUT2D eigenvalue weighted by molar-refractivity contribution is 0.0566. The summed E-state index contributed by atoms with van der Waals surface area (Å²) in [5, 5.41) is 3.40. The van der Waals surface area contributed by atoms with E-state index >= 15 is 0 Å². The Hall–Kier alpha value is -1.37. The summed E-state index contributed by atoms with van der Waals surface area (Å²) in [7, 11) is 0. The van der Waals surface area contributed by atoms with Gasteiger partial charge in [-0.15, -0.1) is 5.92 Å². The fraction of sp³-hybridized carbons (Fsp3) is 0.286. The van der Waals surface area contributed by atoms with Crippen LogP contribution in [0.2, 0.25) is 0 Å². The van der Waals surface area contributed by atoms with E-state index < -0.39 is 6.55 Å². The van der Waals surface area contributed by atoms with Crippen molar-refractivity contribution in [2.24, 2.45) is 0 Å². The minimum Gasteiger partial charge on any atom is -0.210 e. The molecule has 4 heteroatoms. The molecule has 11 heavy (non-hydrogen) atoms. The van der Waals surface area contributed by atoms with Crippen molar-refractivity contribution in [2.75, 3.05) is 0 Å². The maximum atomic E-state index is 11.9. The van der Waals surface area contributed by atoms with Gasteiger partial charge in [-0.2, -0.15) is 13.9 Å². The van der Waals surface area contributed by atoms with Crippen LogP contribution in [-0.2, 0) is 0 Å². The molecule has 0 aliphatic rings. The van der Waals surface area contributed by atoms with Crippen molar-refractivity contribution < 1.29 is 8.78 Å². The van der Waals surface area contributed by atoms with E-state index in [0.717, 1.165) is 0 Å². The average molecular weight is 156 g/mol. The zero-order chi connectivity index (χ0) is 8.27. The van der Waals surface area contributed by atoms with Gasteiger partial charge < -0.3 is 0 Å². The summed E-state index contributed by atoms with van der Waals surface area (Å²) in [6, 6.07) is 0. The van der Waals surface area contributed by atoms with Crippen LogP contribution < -0.4 is 0 Å². The minimum absolute atomic E-state index is 0.507. The number of rotatable bonds is 1. The number of hydrogen-bond acceptors (Lipinski definition) is 1. The van der Waals surface area contributed by atoms with Gasteiger partial charge in [0.15, 0.2) is 0 Å². The zero-order valence-corrected chi connectivity index (χ0v) is 5.88. The van der Waals surface area contributed by atoms with Gasteiger partial charge in [-0.3, -0.25) is 0 Å². The minimum atomic E-state index is -2.58. The quantitative estimate of drug-likeness (QED) is 0.565. The summed E-state index contributed by atoms with van der Waals surface area (Å²) >= 11 is 0. The number of halogens is 2. The lowest BCUT2D eigenvalue weighted by Gasteiger charge is -1.93. The van der Waals surface area contributed by atoms with Gasteiger partial charge in [-0.05, 0) is 6.92 Å². The van der Waals surface area contributed by atoms with Crippen LogP contribution in [0.3, 0.4) is 0 Å². The number of aromatic nitrogens is 2. The van der Waals surface area contributed by atoms with E-state index in [0.29, 0.717) is 10.2 Å². The Labute approximate surface area is 62.8 Å². The van der Waals surface area contributed by atoms with E-state index in [4.69, 9.17) is 0 Å². The van der Waals surface area contributed by atoms with Crippen molar-refractivity contribution in [3.63, 3.8) is 0 Å². The molecule has 0 unspecified atom stereocenters. The Morgan fingerprint density at radius 2 is 2.36 bits per heavy atom. The van der Waals surface area contributed by atoms with Crippen molar-refractivity contribution in [1.82, 2.24) is 9.78 Å². The van der Waals surface area contributed by atoms with Gasteiger partial charge in [-0.25, -0.2) is 4.68 Å². The molecule has 1 rings (SSSR count). The Morgan fingerprint density at radius 3 is 2.82 bits per heavy atom. The highest BCUT2D eigenvalue weighted by molar-refractivity contribution is 5.28. The van der Waals surface area contributed by atoms with Crippen molar-refractivity contribution >= 4 is 0 Å². The molecule has 0 bridgehead atoms. The van der Waals surface area contributed by atoms with Crippen LogP contribution in [-0.4, -0.2) is 9.78 Å². The summed E-state index contributed by atoms with van der Waals surface area (Å²) in [6.07, 6.45) is 2.52. The lowest BCUT2D eigenvalue weighted by Crippen LogP contribution is -1.96. The molecule has 0 radical (unpaired) electrons. The van der Waals surface area contributed by atoms with E-state index in [2.05, 4.69) is 16.9 Å². The van der Waals surface area contributed by atoms with E-state index in [1.165, 1.54) is 12.4 Å². The summed E-state index contributed by atoms with van der Waals surface area (Å²) < 4.78 is 24.3.